The van der Waals surface area contributed by atoms with E-state index in [1.807, 2.05) is 0 Å². The number of methoxy groups -OCH3 is 1. The van der Waals surface area contributed by atoms with Crippen LogP contribution in [-0.4, -0.2) is 35.9 Å². The lowest BCUT2D eigenvalue weighted by molar-refractivity contribution is -0.140. The van der Waals surface area contributed by atoms with Crippen LogP contribution in [0.25, 0.3) is 0 Å². The Morgan fingerprint density at radius 1 is 1.39 bits per heavy atom. The van der Waals surface area contributed by atoms with Gasteiger partial charge in [0.25, 0.3) is 0 Å². The van der Waals surface area contributed by atoms with Crippen molar-refractivity contribution in [1.82, 2.24) is 5.32 Å². The minimum absolute atomic E-state index is 0.0264. The zero-order chi connectivity index (χ0) is 17.4. The summed E-state index contributed by atoms with van der Waals surface area (Å²) < 4.78 is 9.74. The fourth-order valence-electron chi connectivity index (χ4n) is 1.97. The molecule has 7 heteroatoms. The van der Waals surface area contributed by atoms with Gasteiger partial charge in [0.15, 0.2) is 0 Å². The summed E-state index contributed by atoms with van der Waals surface area (Å²) in [6.07, 6.45) is 1.19. The van der Waals surface area contributed by atoms with Crippen LogP contribution < -0.4 is 5.32 Å². The number of carbonyl (C=O) groups is 2. The zero-order valence-electron chi connectivity index (χ0n) is 13.3. The van der Waals surface area contributed by atoms with E-state index in [1.54, 1.807) is 19.9 Å². The maximum Gasteiger partial charge on any atom is 0.332 e. The van der Waals surface area contributed by atoms with E-state index in [4.69, 9.17) is 9.47 Å². The lowest BCUT2D eigenvalue weighted by Crippen LogP contribution is -2.27. The quantitative estimate of drug-likeness (QED) is 0.494. The molecule has 23 heavy (non-hydrogen) atoms. The molecule has 1 atom stereocenters. The van der Waals surface area contributed by atoms with E-state index in [0.717, 1.165) is 0 Å². The number of allylic oxidation sites excluding steroid dienone is 1. The largest absolute Gasteiger partial charge is 0.508 e. The molecule has 0 bridgehead atoms. The third-order valence-corrected chi connectivity index (χ3v) is 2.98. The van der Waals surface area contributed by atoms with E-state index in [1.165, 1.54) is 25.3 Å². The van der Waals surface area contributed by atoms with Crippen LogP contribution in [0.4, 0.5) is 0 Å². The van der Waals surface area contributed by atoms with Gasteiger partial charge in [0, 0.05) is 24.4 Å². The monoisotopic (exact) mass is 323 g/mol. The number of nitrogens with one attached hydrogen (secondary N) is 1. The predicted octanol–water partition coefficient (Wildman–Crippen LogP) is 1.72. The molecule has 126 valence electrons. The molecular weight excluding hydrogens is 302 g/mol. The minimum Gasteiger partial charge on any atom is -0.508 e. The van der Waals surface area contributed by atoms with Crippen molar-refractivity contribution in [1.29, 1.82) is 0 Å². The van der Waals surface area contributed by atoms with Crippen LogP contribution >= 0.6 is 0 Å². The highest BCUT2D eigenvalue weighted by Crippen LogP contribution is 2.24. The van der Waals surface area contributed by atoms with E-state index >= 15 is 0 Å². The Labute approximate surface area is 134 Å². The average Bonchev–Trinajstić information content (AvgIpc) is 2.47. The first kappa shape index (κ1) is 18.5. The highest BCUT2D eigenvalue weighted by atomic mass is 16.5. The van der Waals surface area contributed by atoms with Crippen molar-refractivity contribution in [3.63, 3.8) is 0 Å². The van der Waals surface area contributed by atoms with Crippen molar-refractivity contribution in [3.05, 3.63) is 41.1 Å². The van der Waals surface area contributed by atoms with E-state index in [9.17, 15) is 19.8 Å². The number of phenols is 1. The first-order valence-electron chi connectivity index (χ1n) is 7.04. The van der Waals surface area contributed by atoms with Gasteiger partial charge in [-0.05, 0) is 31.5 Å². The second-order valence-electron chi connectivity index (χ2n) is 4.82. The summed E-state index contributed by atoms with van der Waals surface area (Å²) in [5, 5.41) is 21.9. The van der Waals surface area contributed by atoms with Gasteiger partial charge in [-0.15, -0.1) is 0 Å². The Morgan fingerprint density at radius 2 is 2.09 bits per heavy atom. The van der Waals surface area contributed by atoms with Crippen molar-refractivity contribution >= 4 is 11.9 Å². The molecule has 0 aromatic heterocycles. The summed E-state index contributed by atoms with van der Waals surface area (Å²) in [7, 11) is 1.48. The van der Waals surface area contributed by atoms with E-state index < -0.39 is 18.0 Å². The number of phenolic OH excluding ortho intramolecular Hbond substituents is 1. The van der Waals surface area contributed by atoms with E-state index in [0.29, 0.717) is 16.8 Å². The standard InChI is InChI=1S/C16H21NO6/c1-4-23-14(19)7-10(2)17-15(16(20)21)11-5-6-13(18)12(8-11)9-22-3/h5-8,15,17-18H,4,9H2,1-3H3,(H,20,21)/b10-7-. The topological polar surface area (TPSA) is 105 Å². The van der Waals surface area contributed by atoms with Crippen LogP contribution in [0.1, 0.15) is 31.0 Å². The molecule has 1 unspecified atom stereocenters. The molecule has 0 heterocycles. The number of carboxylic acid groups (broad SMARTS) is 1. The molecule has 0 aliphatic heterocycles. The Hall–Kier alpha value is -2.54. The van der Waals surface area contributed by atoms with Gasteiger partial charge < -0.3 is 25.0 Å². The van der Waals surface area contributed by atoms with Gasteiger partial charge in [-0.2, -0.15) is 0 Å². The van der Waals surface area contributed by atoms with Crippen molar-refractivity contribution in [3.8, 4) is 5.75 Å². The summed E-state index contributed by atoms with van der Waals surface area (Å²) in [5.41, 5.74) is 1.27. The molecule has 0 saturated heterocycles. The SMILES string of the molecule is CCOC(=O)/C=C(/C)NC(C(=O)O)c1ccc(O)c(COC)c1. The first-order valence-corrected chi connectivity index (χ1v) is 7.04. The molecular formula is C16H21NO6. The van der Waals surface area contributed by atoms with Crippen molar-refractivity contribution < 1.29 is 29.3 Å². The summed E-state index contributed by atoms with van der Waals surface area (Å²) >= 11 is 0. The molecule has 0 aliphatic rings. The van der Waals surface area contributed by atoms with E-state index in [-0.39, 0.29) is 19.0 Å². The Balaban J connectivity index is 3.01. The molecule has 0 aliphatic carbocycles. The zero-order valence-corrected chi connectivity index (χ0v) is 13.3. The maximum absolute atomic E-state index is 11.5. The number of carboxylic acids is 1. The molecule has 0 radical (unpaired) electrons. The molecule has 1 rings (SSSR count). The van der Waals surface area contributed by atoms with E-state index in [2.05, 4.69) is 5.32 Å². The number of hydrogen-bond acceptors (Lipinski definition) is 6. The normalized spacial score (nSPS) is 12.6. The highest BCUT2D eigenvalue weighted by molar-refractivity contribution is 5.83. The third kappa shape index (κ3) is 5.63. The van der Waals surface area contributed by atoms with Crippen LogP contribution in [0.3, 0.4) is 0 Å². The van der Waals surface area contributed by atoms with Gasteiger partial charge in [0.1, 0.15) is 11.8 Å². The number of benzene rings is 1. The number of aliphatic carboxylic acids is 1. The van der Waals surface area contributed by atoms with Crippen LogP contribution in [0, 0.1) is 0 Å². The molecule has 1 aromatic carbocycles. The fourth-order valence-corrected chi connectivity index (χ4v) is 1.97. The number of carbonyl (C=O) groups excluding carboxylic acids is 1. The minimum atomic E-state index is -1.12. The Morgan fingerprint density at radius 3 is 2.65 bits per heavy atom. The van der Waals surface area contributed by atoms with Gasteiger partial charge in [-0.25, -0.2) is 9.59 Å². The smallest absolute Gasteiger partial charge is 0.332 e. The molecule has 0 spiro atoms. The lowest BCUT2D eigenvalue weighted by atomic mass is 10.0. The molecule has 0 fully saturated rings. The summed E-state index contributed by atoms with van der Waals surface area (Å²) in [6, 6.07) is 3.38. The maximum atomic E-state index is 11.5. The number of hydrogen-bond donors (Lipinski definition) is 3. The predicted molar refractivity (Wildman–Crippen MR) is 82.7 cm³/mol. The number of aromatic hydroxyl groups is 1. The van der Waals surface area contributed by atoms with Gasteiger partial charge in [0.05, 0.1) is 13.2 Å². The second-order valence-corrected chi connectivity index (χ2v) is 4.82. The average molecular weight is 323 g/mol. The molecule has 0 saturated carbocycles. The van der Waals surface area contributed by atoms with Crippen LogP contribution in [0.15, 0.2) is 30.0 Å². The molecule has 7 nitrogen and oxygen atoms in total. The molecule has 0 amide bonds. The Kier molecular flexibility index (Phi) is 7.08. The van der Waals surface area contributed by atoms with Gasteiger partial charge >= 0.3 is 11.9 Å². The molecule has 3 N–H and O–H groups in total. The van der Waals surface area contributed by atoms with Crippen molar-refractivity contribution in [2.24, 2.45) is 0 Å². The lowest BCUT2D eigenvalue weighted by Gasteiger charge is -2.17. The summed E-state index contributed by atoms with van der Waals surface area (Å²) in [6.45, 7) is 3.65. The Bertz CT molecular complexity index is 596. The van der Waals surface area contributed by atoms with Gasteiger partial charge in [0.2, 0.25) is 0 Å². The van der Waals surface area contributed by atoms with Gasteiger partial charge in [-0.1, -0.05) is 6.07 Å². The summed E-state index contributed by atoms with van der Waals surface area (Å²) in [5.74, 6) is -1.64. The second kappa shape index (κ2) is 8.79. The van der Waals surface area contributed by atoms with Crippen molar-refractivity contribution in [2.45, 2.75) is 26.5 Å². The fraction of sp³-hybridized carbons (Fsp3) is 0.375. The first-order chi connectivity index (χ1) is 10.9. The van der Waals surface area contributed by atoms with Crippen LogP contribution in [-0.2, 0) is 25.7 Å². The van der Waals surface area contributed by atoms with Gasteiger partial charge in [-0.3, -0.25) is 0 Å². The third-order valence-electron chi connectivity index (χ3n) is 2.98. The van der Waals surface area contributed by atoms with Crippen molar-refractivity contribution in [2.75, 3.05) is 13.7 Å². The molecule has 1 aromatic rings. The number of ether oxygens (including phenoxy) is 2. The highest BCUT2D eigenvalue weighted by Gasteiger charge is 2.21. The number of esters is 1. The number of rotatable bonds is 8. The van der Waals surface area contributed by atoms with Crippen LogP contribution in [0.2, 0.25) is 0 Å². The summed E-state index contributed by atoms with van der Waals surface area (Å²) in [4.78, 5) is 22.9. The van der Waals surface area contributed by atoms with Crippen LogP contribution in [0.5, 0.6) is 5.75 Å².